The van der Waals surface area contributed by atoms with Crippen molar-refractivity contribution >= 4 is 11.9 Å². The lowest BCUT2D eigenvalue weighted by molar-refractivity contribution is -0.145. The summed E-state index contributed by atoms with van der Waals surface area (Å²) in [6.45, 7) is 0.659. The molecule has 148 valence electrons. The molecule has 1 aliphatic heterocycles. The highest BCUT2D eigenvalue weighted by Gasteiger charge is 2.47. The molecule has 2 aliphatic rings. The van der Waals surface area contributed by atoms with Crippen molar-refractivity contribution in [2.24, 2.45) is 11.8 Å². The number of amides is 1. The number of benzene rings is 1. The fraction of sp³-hybridized carbons (Fsp3) is 0.619. The van der Waals surface area contributed by atoms with E-state index in [2.05, 4.69) is 5.32 Å². The Kier molecular flexibility index (Phi) is 6.47. The molecule has 1 N–H and O–H groups in total. The highest BCUT2D eigenvalue weighted by molar-refractivity contribution is 5.83. The van der Waals surface area contributed by atoms with Crippen LogP contribution in [0.2, 0.25) is 0 Å². The molecule has 1 aliphatic carbocycles. The molecular formula is C21H29FN2O3. The molecule has 0 radical (unpaired) electrons. The molecule has 2 fully saturated rings. The standard InChI is InChI=1S/C21H29FN2O3/c1-24-18(21(26)27-2)12-16(19(24)15-10-6-7-11-17(15)22)20(25)23-13-14-8-4-3-5-9-14/h6-7,10-11,14,16,18-19H,3-5,8-9,12-13H2,1-2H3,(H,23,25)/t16-,18-,19-/m0/s1. The number of carbonyl (C=O) groups is 2. The second-order valence-corrected chi connectivity index (χ2v) is 7.76. The minimum Gasteiger partial charge on any atom is -0.468 e. The van der Waals surface area contributed by atoms with Crippen LogP contribution < -0.4 is 5.32 Å². The molecule has 0 bridgehead atoms. The molecule has 3 rings (SSSR count). The van der Waals surface area contributed by atoms with Gasteiger partial charge in [-0.25, -0.2) is 4.39 Å². The lowest BCUT2D eigenvalue weighted by atomic mass is 9.88. The normalized spacial score (nSPS) is 26.7. The maximum atomic E-state index is 14.5. The van der Waals surface area contributed by atoms with Gasteiger partial charge in [0.05, 0.1) is 13.0 Å². The summed E-state index contributed by atoms with van der Waals surface area (Å²) in [7, 11) is 3.10. The van der Waals surface area contributed by atoms with Crippen molar-refractivity contribution in [2.75, 3.05) is 20.7 Å². The van der Waals surface area contributed by atoms with E-state index in [-0.39, 0.29) is 17.7 Å². The Morgan fingerprint density at radius 1 is 1.22 bits per heavy atom. The minimum atomic E-state index is -0.551. The Balaban J connectivity index is 1.77. The molecule has 5 nitrogen and oxygen atoms in total. The number of ether oxygens (including phenoxy) is 1. The van der Waals surface area contributed by atoms with Crippen molar-refractivity contribution in [3.8, 4) is 0 Å². The van der Waals surface area contributed by atoms with Crippen molar-refractivity contribution < 1.29 is 18.7 Å². The van der Waals surface area contributed by atoms with E-state index in [0.717, 1.165) is 12.8 Å². The molecule has 3 atom stereocenters. The number of rotatable bonds is 5. The molecule has 1 saturated heterocycles. The number of halogens is 1. The number of nitrogens with zero attached hydrogens (tertiary/aromatic N) is 1. The van der Waals surface area contributed by atoms with Crippen LogP contribution in [-0.2, 0) is 14.3 Å². The summed E-state index contributed by atoms with van der Waals surface area (Å²) >= 11 is 0. The molecule has 6 heteroatoms. The van der Waals surface area contributed by atoms with Crippen LogP contribution in [0.1, 0.15) is 50.1 Å². The van der Waals surface area contributed by atoms with Gasteiger partial charge in [0.25, 0.3) is 0 Å². The summed E-state index contributed by atoms with van der Waals surface area (Å²) in [6.07, 6.45) is 6.33. The van der Waals surface area contributed by atoms with Crippen LogP contribution in [0.25, 0.3) is 0 Å². The average Bonchev–Trinajstić information content (AvgIpc) is 3.04. The van der Waals surface area contributed by atoms with Crippen molar-refractivity contribution in [1.29, 1.82) is 0 Å². The van der Waals surface area contributed by atoms with Crippen LogP contribution in [0.15, 0.2) is 24.3 Å². The van der Waals surface area contributed by atoms with Gasteiger partial charge in [0.2, 0.25) is 5.91 Å². The van der Waals surface area contributed by atoms with Crippen molar-refractivity contribution in [3.63, 3.8) is 0 Å². The Hall–Kier alpha value is -1.95. The second kappa shape index (κ2) is 8.83. The van der Waals surface area contributed by atoms with Gasteiger partial charge in [-0.1, -0.05) is 37.5 Å². The first-order chi connectivity index (χ1) is 13.0. The van der Waals surface area contributed by atoms with Crippen LogP contribution in [0.4, 0.5) is 4.39 Å². The van der Waals surface area contributed by atoms with Crippen LogP contribution in [0.3, 0.4) is 0 Å². The lowest BCUT2D eigenvalue weighted by Gasteiger charge is -2.28. The van der Waals surface area contributed by atoms with Gasteiger partial charge in [-0.3, -0.25) is 14.5 Å². The molecule has 1 saturated carbocycles. The van der Waals surface area contributed by atoms with E-state index >= 15 is 0 Å². The van der Waals surface area contributed by atoms with Gasteiger partial charge >= 0.3 is 5.97 Å². The highest BCUT2D eigenvalue weighted by Crippen LogP contribution is 2.41. The monoisotopic (exact) mass is 376 g/mol. The highest BCUT2D eigenvalue weighted by atomic mass is 19.1. The summed E-state index contributed by atoms with van der Waals surface area (Å²) < 4.78 is 19.4. The molecule has 1 aromatic rings. The zero-order valence-corrected chi connectivity index (χ0v) is 16.1. The first kappa shape index (κ1) is 19.8. The van der Waals surface area contributed by atoms with Gasteiger partial charge in [0.1, 0.15) is 11.9 Å². The number of hydrogen-bond donors (Lipinski definition) is 1. The fourth-order valence-electron chi connectivity index (χ4n) is 4.58. The van der Waals surface area contributed by atoms with E-state index in [1.165, 1.54) is 32.4 Å². The molecule has 1 aromatic carbocycles. The summed E-state index contributed by atoms with van der Waals surface area (Å²) in [6, 6.07) is 5.44. The molecule has 0 unspecified atom stereocenters. The van der Waals surface area contributed by atoms with Crippen molar-refractivity contribution in [3.05, 3.63) is 35.6 Å². The van der Waals surface area contributed by atoms with E-state index in [1.807, 2.05) is 0 Å². The quantitative estimate of drug-likeness (QED) is 0.803. The maximum Gasteiger partial charge on any atom is 0.323 e. The topological polar surface area (TPSA) is 58.6 Å². The predicted octanol–water partition coefficient (Wildman–Crippen LogP) is 3.06. The molecule has 27 heavy (non-hydrogen) atoms. The number of hydrogen-bond acceptors (Lipinski definition) is 4. The van der Waals surface area contributed by atoms with Crippen LogP contribution >= 0.6 is 0 Å². The fourth-order valence-corrected chi connectivity index (χ4v) is 4.58. The molecule has 0 spiro atoms. The second-order valence-electron chi connectivity index (χ2n) is 7.76. The largest absolute Gasteiger partial charge is 0.468 e. The number of nitrogens with one attached hydrogen (secondary N) is 1. The van der Waals surface area contributed by atoms with Crippen molar-refractivity contribution in [2.45, 2.75) is 50.6 Å². The van der Waals surface area contributed by atoms with Crippen LogP contribution in [0.5, 0.6) is 0 Å². The van der Waals surface area contributed by atoms with Crippen LogP contribution in [0, 0.1) is 17.7 Å². The van der Waals surface area contributed by atoms with Gasteiger partial charge in [-0.2, -0.15) is 0 Å². The Bertz CT molecular complexity index is 675. The number of likely N-dealkylation sites (tertiary alicyclic amines) is 1. The summed E-state index contributed by atoms with van der Waals surface area (Å²) in [5.74, 6) is -0.816. The van der Waals surface area contributed by atoms with Gasteiger partial charge in [0.15, 0.2) is 0 Å². The van der Waals surface area contributed by atoms with E-state index < -0.39 is 18.0 Å². The third kappa shape index (κ3) is 4.32. The Labute approximate surface area is 160 Å². The smallest absolute Gasteiger partial charge is 0.323 e. The van der Waals surface area contributed by atoms with E-state index in [9.17, 15) is 14.0 Å². The van der Waals surface area contributed by atoms with Crippen molar-refractivity contribution in [1.82, 2.24) is 10.2 Å². The van der Waals surface area contributed by atoms with E-state index in [4.69, 9.17) is 4.74 Å². The van der Waals surface area contributed by atoms with Gasteiger partial charge in [-0.05, 0) is 38.3 Å². The Morgan fingerprint density at radius 2 is 1.93 bits per heavy atom. The van der Waals surface area contributed by atoms with Gasteiger partial charge < -0.3 is 10.1 Å². The number of carbonyl (C=O) groups excluding carboxylic acids is 2. The zero-order chi connectivity index (χ0) is 19.4. The molecule has 0 aromatic heterocycles. The lowest BCUT2D eigenvalue weighted by Crippen LogP contribution is -2.38. The Morgan fingerprint density at radius 3 is 2.59 bits per heavy atom. The number of likely N-dealkylation sites (N-methyl/N-ethyl adjacent to an activating group) is 1. The maximum absolute atomic E-state index is 14.5. The van der Waals surface area contributed by atoms with E-state index in [1.54, 1.807) is 30.1 Å². The third-order valence-electron chi connectivity index (χ3n) is 6.11. The molecular weight excluding hydrogens is 347 g/mol. The van der Waals surface area contributed by atoms with Gasteiger partial charge in [-0.15, -0.1) is 0 Å². The molecule has 1 heterocycles. The minimum absolute atomic E-state index is 0.105. The first-order valence-corrected chi connectivity index (χ1v) is 9.84. The van der Waals surface area contributed by atoms with Gasteiger partial charge in [0, 0.05) is 18.2 Å². The predicted molar refractivity (Wildman–Crippen MR) is 100 cm³/mol. The SMILES string of the molecule is COC(=O)[C@@H]1C[C@H](C(=O)NCC2CCCCC2)[C@H](c2ccccc2F)N1C. The summed E-state index contributed by atoms with van der Waals surface area (Å²) in [5, 5.41) is 3.07. The van der Waals surface area contributed by atoms with Crippen LogP contribution in [-0.4, -0.2) is 43.5 Å². The third-order valence-corrected chi connectivity index (χ3v) is 6.11. The van der Waals surface area contributed by atoms with E-state index in [0.29, 0.717) is 24.4 Å². The number of methoxy groups -OCH3 is 1. The summed E-state index contributed by atoms with van der Waals surface area (Å²) in [5.41, 5.74) is 0.448. The summed E-state index contributed by atoms with van der Waals surface area (Å²) in [4.78, 5) is 26.9. The molecule has 1 amide bonds. The first-order valence-electron chi connectivity index (χ1n) is 9.84. The number of esters is 1. The zero-order valence-electron chi connectivity index (χ0n) is 16.1. The average molecular weight is 376 g/mol.